The second kappa shape index (κ2) is 10.9. The fraction of sp³-hybridized carbons (Fsp3) is 0.0870. The van der Waals surface area contributed by atoms with E-state index in [0.717, 1.165) is 5.69 Å². The van der Waals surface area contributed by atoms with Crippen molar-refractivity contribution in [3.05, 3.63) is 93.7 Å². The number of thioether (sulfide) groups is 1. The van der Waals surface area contributed by atoms with Gasteiger partial charge in [-0.15, -0.1) is 10.2 Å². The third kappa shape index (κ3) is 6.21. The Hall–Kier alpha value is -2.71. The minimum atomic E-state index is -0.245. The number of hydrogen-bond acceptors (Lipinski definition) is 5. The molecular formula is C23H17Cl3N4O2S. The number of hydrogen-bond donors (Lipinski definition) is 1. The largest absolute Gasteiger partial charge is 0.486 e. The first-order valence-electron chi connectivity index (χ1n) is 9.75. The lowest BCUT2D eigenvalue weighted by atomic mass is 10.3. The first kappa shape index (κ1) is 23.4. The molecule has 1 aromatic heterocycles. The number of aromatic nitrogens is 3. The van der Waals surface area contributed by atoms with Gasteiger partial charge in [0.25, 0.3) is 0 Å². The van der Waals surface area contributed by atoms with Crippen LogP contribution in [0.25, 0.3) is 5.69 Å². The molecule has 168 valence electrons. The average Bonchev–Trinajstić information content (AvgIpc) is 3.23. The van der Waals surface area contributed by atoms with Crippen molar-refractivity contribution in [1.29, 1.82) is 0 Å². The molecule has 0 fully saturated rings. The highest BCUT2D eigenvalue weighted by Gasteiger charge is 2.17. The minimum absolute atomic E-state index is 0.103. The quantitative estimate of drug-likeness (QED) is 0.268. The molecule has 0 aliphatic heterocycles. The van der Waals surface area contributed by atoms with Crippen molar-refractivity contribution in [3.63, 3.8) is 0 Å². The van der Waals surface area contributed by atoms with Crippen LogP contribution in [0, 0.1) is 0 Å². The number of amides is 1. The Kier molecular flexibility index (Phi) is 7.77. The van der Waals surface area contributed by atoms with Crippen molar-refractivity contribution in [2.45, 2.75) is 11.8 Å². The lowest BCUT2D eigenvalue weighted by molar-refractivity contribution is -0.113. The maximum Gasteiger partial charge on any atom is 0.234 e. The van der Waals surface area contributed by atoms with E-state index < -0.39 is 0 Å². The van der Waals surface area contributed by atoms with E-state index in [1.807, 2.05) is 34.9 Å². The third-order valence-electron chi connectivity index (χ3n) is 4.43. The molecule has 0 saturated carbocycles. The van der Waals surface area contributed by atoms with Crippen molar-refractivity contribution in [3.8, 4) is 11.4 Å². The number of benzene rings is 3. The van der Waals surface area contributed by atoms with Gasteiger partial charge in [0.05, 0.1) is 16.5 Å². The van der Waals surface area contributed by atoms with Gasteiger partial charge in [-0.2, -0.15) is 0 Å². The number of para-hydroxylation sites is 1. The fourth-order valence-electron chi connectivity index (χ4n) is 2.91. The van der Waals surface area contributed by atoms with Crippen LogP contribution in [0.5, 0.6) is 5.75 Å². The molecule has 0 aliphatic carbocycles. The van der Waals surface area contributed by atoms with Gasteiger partial charge in [-0.3, -0.25) is 9.36 Å². The Labute approximate surface area is 209 Å². The molecule has 4 rings (SSSR count). The zero-order chi connectivity index (χ0) is 23.2. The van der Waals surface area contributed by atoms with Crippen molar-refractivity contribution < 1.29 is 9.53 Å². The monoisotopic (exact) mass is 518 g/mol. The summed E-state index contributed by atoms with van der Waals surface area (Å²) in [4.78, 5) is 12.5. The molecular weight excluding hydrogens is 503 g/mol. The molecule has 0 bridgehead atoms. The zero-order valence-electron chi connectivity index (χ0n) is 17.0. The average molecular weight is 520 g/mol. The maximum atomic E-state index is 12.5. The van der Waals surface area contributed by atoms with E-state index in [1.165, 1.54) is 11.8 Å². The van der Waals surface area contributed by atoms with Crippen molar-refractivity contribution in [1.82, 2.24) is 14.8 Å². The Morgan fingerprint density at radius 1 is 0.939 bits per heavy atom. The molecule has 3 aromatic carbocycles. The van der Waals surface area contributed by atoms with Gasteiger partial charge in [-0.1, -0.05) is 64.8 Å². The Bertz CT molecular complexity index is 1250. The summed E-state index contributed by atoms with van der Waals surface area (Å²) in [6.45, 7) is 0.189. The van der Waals surface area contributed by atoms with E-state index in [9.17, 15) is 4.79 Å². The Morgan fingerprint density at radius 2 is 1.67 bits per heavy atom. The standard InChI is InChI=1S/C23H17Cl3N4O2S/c24-15-6-9-18(10-7-15)32-13-21-28-29-23(30(21)17-4-2-1-3-5-17)33-14-22(31)27-20-12-16(25)8-11-19(20)26/h1-12H,13-14H2,(H,27,31). The van der Waals surface area contributed by atoms with Crippen LogP contribution in [0.1, 0.15) is 5.82 Å². The first-order chi connectivity index (χ1) is 16.0. The zero-order valence-corrected chi connectivity index (χ0v) is 20.1. The van der Waals surface area contributed by atoms with Crippen LogP contribution >= 0.6 is 46.6 Å². The molecule has 10 heteroatoms. The molecule has 0 spiro atoms. The molecule has 0 aliphatic rings. The normalized spacial score (nSPS) is 10.8. The molecule has 33 heavy (non-hydrogen) atoms. The Balaban J connectivity index is 1.49. The smallest absolute Gasteiger partial charge is 0.234 e. The van der Waals surface area contributed by atoms with Gasteiger partial charge >= 0.3 is 0 Å². The van der Waals surface area contributed by atoms with Gasteiger partial charge in [0, 0.05) is 15.7 Å². The minimum Gasteiger partial charge on any atom is -0.486 e. The highest BCUT2D eigenvalue weighted by molar-refractivity contribution is 7.99. The number of rotatable bonds is 8. The van der Waals surface area contributed by atoms with Crippen LogP contribution in [0.4, 0.5) is 5.69 Å². The summed E-state index contributed by atoms with van der Waals surface area (Å²) < 4.78 is 7.72. The summed E-state index contributed by atoms with van der Waals surface area (Å²) in [5.41, 5.74) is 1.31. The summed E-state index contributed by atoms with van der Waals surface area (Å²) in [6, 6.07) is 21.6. The number of carbonyl (C=O) groups excluding carboxylic acids is 1. The number of carbonyl (C=O) groups is 1. The van der Waals surface area contributed by atoms with Gasteiger partial charge in [0.1, 0.15) is 12.4 Å². The van der Waals surface area contributed by atoms with Crippen LogP contribution in [-0.4, -0.2) is 26.4 Å². The predicted molar refractivity (Wildman–Crippen MR) is 133 cm³/mol. The van der Waals surface area contributed by atoms with Crippen LogP contribution in [0.3, 0.4) is 0 Å². The van der Waals surface area contributed by atoms with E-state index in [0.29, 0.717) is 37.5 Å². The molecule has 4 aromatic rings. The summed E-state index contributed by atoms with van der Waals surface area (Å²) in [7, 11) is 0. The predicted octanol–water partition coefficient (Wildman–Crippen LogP) is 6.54. The Morgan fingerprint density at radius 3 is 2.42 bits per heavy atom. The summed E-state index contributed by atoms with van der Waals surface area (Å²) >= 11 is 19.3. The molecule has 6 nitrogen and oxygen atoms in total. The van der Waals surface area contributed by atoms with Crippen molar-refractivity contribution >= 4 is 58.2 Å². The van der Waals surface area contributed by atoms with Crippen LogP contribution in [0.2, 0.25) is 15.1 Å². The molecule has 1 amide bonds. The summed E-state index contributed by atoms with van der Waals surface area (Å²) in [5, 5.41) is 13.4. The van der Waals surface area contributed by atoms with E-state index >= 15 is 0 Å². The molecule has 0 saturated heterocycles. The molecule has 0 atom stereocenters. The molecule has 1 heterocycles. The topological polar surface area (TPSA) is 69.0 Å². The number of ether oxygens (including phenoxy) is 1. The SMILES string of the molecule is O=C(CSc1nnc(COc2ccc(Cl)cc2)n1-c1ccccc1)Nc1cc(Cl)ccc1Cl. The molecule has 1 N–H and O–H groups in total. The number of nitrogens with zero attached hydrogens (tertiary/aromatic N) is 3. The fourth-order valence-corrected chi connectivity index (χ4v) is 4.15. The van der Waals surface area contributed by atoms with Crippen LogP contribution in [0.15, 0.2) is 78.0 Å². The third-order valence-corrected chi connectivity index (χ3v) is 6.18. The number of nitrogens with one attached hydrogen (secondary N) is 1. The lowest BCUT2D eigenvalue weighted by Crippen LogP contribution is -2.15. The molecule has 0 unspecified atom stereocenters. The van der Waals surface area contributed by atoms with Crippen molar-refractivity contribution in [2.75, 3.05) is 11.1 Å². The van der Waals surface area contributed by atoms with Crippen LogP contribution in [-0.2, 0) is 11.4 Å². The number of anilines is 1. The van der Waals surface area contributed by atoms with Gasteiger partial charge in [-0.05, 0) is 54.6 Å². The van der Waals surface area contributed by atoms with E-state index in [1.54, 1.807) is 42.5 Å². The van der Waals surface area contributed by atoms with Gasteiger partial charge in [0.2, 0.25) is 5.91 Å². The van der Waals surface area contributed by atoms with Gasteiger partial charge in [0.15, 0.2) is 11.0 Å². The summed E-state index contributed by atoms with van der Waals surface area (Å²) in [6.07, 6.45) is 0. The summed E-state index contributed by atoms with van der Waals surface area (Å²) in [5.74, 6) is 1.11. The van der Waals surface area contributed by atoms with Crippen molar-refractivity contribution in [2.24, 2.45) is 0 Å². The maximum absolute atomic E-state index is 12.5. The second-order valence-electron chi connectivity index (χ2n) is 6.77. The van der Waals surface area contributed by atoms with E-state index in [4.69, 9.17) is 39.5 Å². The van der Waals surface area contributed by atoms with Gasteiger partial charge < -0.3 is 10.1 Å². The highest BCUT2D eigenvalue weighted by atomic mass is 35.5. The second-order valence-corrected chi connectivity index (χ2v) is 9.00. The van der Waals surface area contributed by atoms with E-state index in [-0.39, 0.29) is 18.3 Å². The first-order valence-corrected chi connectivity index (χ1v) is 11.9. The van der Waals surface area contributed by atoms with E-state index in [2.05, 4.69) is 15.5 Å². The molecule has 0 radical (unpaired) electrons. The number of halogens is 3. The van der Waals surface area contributed by atoms with Crippen LogP contribution < -0.4 is 10.1 Å². The highest BCUT2D eigenvalue weighted by Crippen LogP contribution is 2.27. The van der Waals surface area contributed by atoms with Gasteiger partial charge in [-0.25, -0.2) is 0 Å². The lowest BCUT2D eigenvalue weighted by Gasteiger charge is -2.11.